The van der Waals surface area contributed by atoms with Crippen LogP contribution in [-0.2, 0) is 0 Å². The number of amidine groups is 1. The van der Waals surface area contributed by atoms with Crippen molar-refractivity contribution in [1.29, 1.82) is 0 Å². The number of nitrogens with one attached hydrogen (secondary N) is 1. The Bertz CT molecular complexity index is 449. The van der Waals surface area contributed by atoms with E-state index >= 15 is 0 Å². The molecule has 1 aromatic carbocycles. The summed E-state index contributed by atoms with van der Waals surface area (Å²) in [6.45, 7) is 0.880. The lowest BCUT2D eigenvalue weighted by Gasteiger charge is -2.03. The molecule has 0 aliphatic carbocycles. The predicted octanol–water partition coefficient (Wildman–Crippen LogP) is 3.89. The Morgan fingerprint density at radius 2 is 1.94 bits per heavy atom. The Morgan fingerprint density at radius 1 is 1.17 bits per heavy atom. The number of aliphatic imine (C=N–C) groups is 1. The minimum Gasteiger partial charge on any atom is -0.271 e. The second kappa shape index (κ2) is 6.76. The van der Waals surface area contributed by atoms with Crippen LogP contribution in [0.15, 0.2) is 28.3 Å². The molecule has 1 aliphatic rings. The van der Waals surface area contributed by atoms with Gasteiger partial charge in [-0.15, -0.1) is 0 Å². The second-order valence-electron chi connectivity index (χ2n) is 4.14. The van der Waals surface area contributed by atoms with E-state index in [1.165, 1.54) is 6.42 Å². The van der Waals surface area contributed by atoms with Gasteiger partial charge in [0, 0.05) is 18.5 Å². The highest BCUT2D eigenvalue weighted by Crippen LogP contribution is 2.22. The molecule has 0 bridgehead atoms. The quantitative estimate of drug-likeness (QED) is 0.649. The van der Waals surface area contributed by atoms with Gasteiger partial charge in [-0.2, -0.15) is 5.10 Å². The standard InChI is InChI=1S/C13H15Cl2N3/c14-11-5-4-6-12(15)10(11)9-17-18-13-7-2-1-3-8-16-13/h4-6,9H,1-3,7-8H2,(H,16,18). The Kier molecular flexibility index (Phi) is 5.02. The Balaban J connectivity index is 2.00. The molecule has 0 unspecified atom stereocenters. The number of hydrazone groups is 1. The van der Waals surface area contributed by atoms with Crippen LogP contribution in [0.2, 0.25) is 10.0 Å². The molecule has 18 heavy (non-hydrogen) atoms. The smallest absolute Gasteiger partial charge is 0.117 e. The minimum atomic E-state index is 0.593. The number of benzene rings is 1. The van der Waals surface area contributed by atoms with Crippen molar-refractivity contribution in [1.82, 2.24) is 5.43 Å². The van der Waals surface area contributed by atoms with Gasteiger partial charge in [0.05, 0.1) is 16.3 Å². The van der Waals surface area contributed by atoms with E-state index in [1.807, 2.05) is 6.07 Å². The SMILES string of the molecule is Clc1cccc(Cl)c1C=NNC1=NCCCCC1. The highest BCUT2D eigenvalue weighted by Gasteiger charge is 2.04. The van der Waals surface area contributed by atoms with Crippen molar-refractivity contribution in [2.45, 2.75) is 25.7 Å². The van der Waals surface area contributed by atoms with Gasteiger partial charge in [0.2, 0.25) is 0 Å². The summed E-state index contributed by atoms with van der Waals surface area (Å²) in [5.41, 5.74) is 3.69. The third-order valence-electron chi connectivity index (χ3n) is 2.76. The Hall–Kier alpha value is -1.06. The molecule has 0 saturated carbocycles. The average Bonchev–Trinajstić information content (AvgIpc) is 2.61. The van der Waals surface area contributed by atoms with Crippen LogP contribution in [0.5, 0.6) is 0 Å². The molecule has 0 spiro atoms. The highest BCUT2D eigenvalue weighted by atomic mass is 35.5. The van der Waals surface area contributed by atoms with E-state index in [1.54, 1.807) is 18.3 Å². The van der Waals surface area contributed by atoms with Crippen LogP contribution in [0.25, 0.3) is 0 Å². The Labute approximate surface area is 117 Å². The summed E-state index contributed by atoms with van der Waals surface area (Å²) in [6, 6.07) is 5.39. The summed E-state index contributed by atoms with van der Waals surface area (Å²) in [7, 11) is 0. The van der Waals surface area contributed by atoms with Gasteiger partial charge in [-0.3, -0.25) is 10.4 Å². The third kappa shape index (κ3) is 3.72. The number of hydrogen-bond donors (Lipinski definition) is 1. The monoisotopic (exact) mass is 283 g/mol. The highest BCUT2D eigenvalue weighted by molar-refractivity contribution is 6.38. The molecule has 0 fully saturated rings. The van der Waals surface area contributed by atoms with Crippen molar-refractivity contribution in [2.75, 3.05) is 6.54 Å². The van der Waals surface area contributed by atoms with E-state index < -0.39 is 0 Å². The maximum absolute atomic E-state index is 6.04. The number of hydrogen-bond acceptors (Lipinski definition) is 3. The zero-order chi connectivity index (χ0) is 12.8. The van der Waals surface area contributed by atoms with Gasteiger partial charge in [0.25, 0.3) is 0 Å². The molecule has 1 heterocycles. The fourth-order valence-electron chi connectivity index (χ4n) is 1.77. The summed E-state index contributed by atoms with van der Waals surface area (Å²) < 4.78 is 0. The first-order valence-electron chi connectivity index (χ1n) is 6.04. The number of halogens is 2. The molecule has 0 aromatic heterocycles. The van der Waals surface area contributed by atoms with Crippen molar-refractivity contribution in [3.63, 3.8) is 0 Å². The van der Waals surface area contributed by atoms with Crippen LogP contribution in [0.3, 0.4) is 0 Å². The summed E-state index contributed by atoms with van der Waals surface area (Å²) in [5.74, 6) is 0.937. The summed E-state index contributed by atoms with van der Waals surface area (Å²) in [4.78, 5) is 4.43. The molecule has 0 atom stereocenters. The zero-order valence-electron chi connectivity index (χ0n) is 10.00. The van der Waals surface area contributed by atoms with Crippen LogP contribution in [0, 0.1) is 0 Å². The summed E-state index contributed by atoms with van der Waals surface area (Å²) >= 11 is 12.1. The first kappa shape index (κ1) is 13.4. The largest absolute Gasteiger partial charge is 0.271 e. The van der Waals surface area contributed by atoms with Gasteiger partial charge in [-0.1, -0.05) is 35.7 Å². The molecule has 96 valence electrons. The van der Waals surface area contributed by atoms with E-state index in [0.29, 0.717) is 10.0 Å². The Morgan fingerprint density at radius 3 is 2.72 bits per heavy atom. The molecule has 0 amide bonds. The van der Waals surface area contributed by atoms with E-state index in [9.17, 15) is 0 Å². The normalized spacial score (nSPS) is 16.4. The molecule has 1 N–H and O–H groups in total. The van der Waals surface area contributed by atoms with Gasteiger partial charge in [0.15, 0.2) is 0 Å². The number of rotatable bonds is 2. The lowest BCUT2D eigenvalue weighted by Crippen LogP contribution is -2.17. The molecule has 1 aliphatic heterocycles. The van der Waals surface area contributed by atoms with Gasteiger partial charge in [0.1, 0.15) is 5.84 Å². The van der Waals surface area contributed by atoms with Crippen LogP contribution in [0.1, 0.15) is 31.2 Å². The minimum absolute atomic E-state index is 0.593. The predicted molar refractivity (Wildman–Crippen MR) is 78.0 cm³/mol. The van der Waals surface area contributed by atoms with Gasteiger partial charge in [-0.05, 0) is 25.0 Å². The molecular weight excluding hydrogens is 269 g/mol. The molecule has 0 saturated heterocycles. The average molecular weight is 284 g/mol. The van der Waals surface area contributed by atoms with E-state index in [0.717, 1.165) is 37.2 Å². The second-order valence-corrected chi connectivity index (χ2v) is 4.96. The van der Waals surface area contributed by atoms with E-state index in [4.69, 9.17) is 23.2 Å². The van der Waals surface area contributed by atoms with Crippen LogP contribution >= 0.6 is 23.2 Å². The number of nitrogens with zero attached hydrogens (tertiary/aromatic N) is 2. The van der Waals surface area contributed by atoms with Crippen LogP contribution in [-0.4, -0.2) is 18.6 Å². The first-order chi connectivity index (χ1) is 8.77. The maximum atomic E-state index is 6.04. The molecule has 2 rings (SSSR count). The third-order valence-corrected chi connectivity index (χ3v) is 3.42. The zero-order valence-corrected chi connectivity index (χ0v) is 11.5. The van der Waals surface area contributed by atoms with Crippen molar-refractivity contribution in [2.24, 2.45) is 10.1 Å². The lowest BCUT2D eigenvalue weighted by atomic mass is 10.2. The van der Waals surface area contributed by atoms with Gasteiger partial charge < -0.3 is 0 Å². The molecule has 0 radical (unpaired) electrons. The molecular formula is C13H15Cl2N3. The van der Waals surface area contributed by atoms with Crippen LogP contribution < -0.4 is 5.43 Å². The van der Waals surface area contributed by atoms with Crippen molar-refractivity contribution < 1.29 is 0 Å². The van der Waals surface area contributed by atoms with E-state index in [2.05, 4.69) is 15.5 Å². The van der Waals surface area contributed by atoms with Crippen molar-refractivity contribution in [3.8, 4) is 0 Å². The molecule has 5 heteroatoms. The topological polar surface area (TPSA) is 36.8 Å². The van der Waals surface area contributed by atoms with Crippen molar-refractivity contribution >= 4 is 35.3 Å². The van der Waals surface area contributed by atoms with Gasteiger partial charge >= 0.3 is 0 Å². The van der Waals surface area contributed by atoms with E-state index in [-0.39, 0.29) is 0 Å². The van der Waals surface area contributed by atoms with Crippen LogP contribution in [0.4, 0.5) is 0 Å². The van der Waals surface area contributed by atoms with Gasteiger partial charge in [-0.25, -0.2) is 0 Å². The lowest BCUT2D eigenvalue weighted by molar-refractivity contribution is 0.729. The first-order valence-corrected chi connectivity index (χ1v) is 6.79. The van der Waals surface area contributed by atoms with Crippen molar-refractivity contribution in [3.05, 3.63) is 33.8 Å². The fourth-order valence-corrected chi connectivity index (χ4v) is 2.27. The maximum Gasteiger partial charge on any atom is 0.117 e. The molecule has 3 nitrogen and oxygen atoms in total. The summed E-state index contributed by atoms with van der Waals surface area (Å²) in [6.07, 6.45) is 6.14. The summed E-state index contributed by atoms with van der Waals surface area (Å²) in [5, 5.41) is 5.34. The fraction of sp³-hybridized carbons (Fsp3) is 0.385. The molecule has 1 aromatic rings.